The Kier molecular flexibility index (Phi) is 3.50. The number of aromatic nitrogens is 4. The maximum atomic E-state index is 4.39. The van der Waals surface area contributed by atoms with Crippen molar-refractivity contribution in [2.75, 3.05) is 5.32 Å². The number of nitrogens with one attached hydrogen (secondary N) is 1. The van der Waals surface area contributed by atoms with Crippen LogP contribution in [0.5, 0.6) is 0 Å². The summed E-state index contributed by atoms with van der Waals surface area (Å²) in [5, 5.41) is 3.43. The van der Waals surface area contributed by atoms with E-state index in [0.717, 1.165) is 18.2 Å². The van der Waals surface area contributed by atoms with Crippen LogP contribution in [0.1, 0.15) is 6.92 Å². The van der Waals surface area contributed by atoms with Gasteiger partial charge in [-0.15, -0.1) is 0 Å². The Labute approximate surface area is 117 Å². The lowest BCUT2D eigenvalue weighted by Crippen LogP contribution is -2.23. The predicted octanol–water partition coefficient (Wildman–Crippen LogP) is 2.57. The fourth-order valence-corrected chi connectivity index (χ4v) is 2.18. The van der Waals surface area contributed by atoms with Gasteiger partial charge in [0.15, 0.2) is 0 Å². The molecule has 1 N–H and O–H groups in total. The molecule has 0 bridgehead atoms. The minimum Gasteiger partial charge on any atom is -0.351 e. The van der Waals surface area contributed by atoms with Gasteiger partial charge in [-0.1, -0.05) is 18.2 Å². The first-order chi connectivity index (χ1) is 9.83. The van der Waals surface area contributed by atoms with Crippen molar-refractivity contribution in [3.05, 3.63) is 61.4 Å². The van der Waals surface area contributed by atoms with Crippen LogP contribution in [-0.4, -0.2) is 25.1 Å². The maximum absolute atomic E-state index is 4.39. The van der Waals surface area contributed by atoms with E-state index in [1.807, 2.05) is 46.1 Å². The Morgan fingerprint density at radius 2 is 2.00 bits per heavy atom. The molecule has 0 saturated heterocycles. The van der Waals surface area contributed by atoms with Gasteiger partial charge in [0, 0.05) is 43.1 Å². The first kappa shape index (κ1) is 12.5. The molecule has 0 aliphatic carbocycles. The lowest BCUT2D eigenvalue weighted by Gasteiger charge is -2.16. The molecule has 0 aliphatic rings. The Morgan fingerprint density at radius 3 is 2.75 bits per heavy atom. The molecule has 5 heteroatoms. The van der Waals surface area contributed by atoms with E-state index in [1.54, 1.807) is 12.4 Å². The van der Waals surface area contributed by atoms with Gasteiger partial charge in [-0.3, -0.25) is 4.57 Å². The van der Waals surface area contributed by atoms with Crippen molar-refractivity contribution in [2.24, 2.45) is 0 Å². The average molecular weight is 267 g/mol. The second kappa shape index (κ2) is 5.61. The van der Waals surface area contributed by atoms with Crippen LogP contribution < -0.4 is 5.32 Å². The SMILES string of the molecule is CC(Cn1ccnc1)Nc1nccn1-c1ccccc1. The van der Waals surface area contributed by atoms with E-state index < -0.39 is 0 Å². The van der Waals surface area contributed by atoms with Crippen LogP contribution in [-0.2, 0) is 6.54 Å². The van der Waals surface area contributed by atoms with Gasteiger partial charge in [-0.05, 0) is 19.1 Å². The van der Waals surface area contributed by atoms with E-state index in [-0.39, 0.29) is 6.04 Å². The van der Waals surface area contributed by atoms with Crippen LogP contribution in [0.4, 0.5) is 5.95 Å². The van der Waals surface area contributed by atoms with Crippen molar-refractivity contribution in [3.63, 3.8) is 0 Å². The zero-order chi connectivity index (χ0) is 13.8. The molecular formula is C15H17N5. The van der Waals surface area contributed by atoms with Crippen molar-refractivity contribution in [1.82, 2.24) is 19.1 Å². The first-order valence-electron chi connectivity index (χ1n) is 6.64. The Balaban J connectivity index is 1.74. The van der Waals surface area contributed by atoms with E-state index in [9.17, 15) is 0 Å². The van der Waals surface area contributed by atoms with E-state index in [4.69, 9.17) is 0 Å². The summed E-state index contributed by atoms with van der Waals surface area (Å²) in [7, 11) is 0. The number of para-hydroxylation sites is 1. The second-order valence-corrected chi connectivity index (χ2v) is 4.76. The number of rotatable bonds is 5. The largest absolute Gasteiger partial charge is 0.351 e. The minimum absolute atomic E-state index is 0.258. The van der Waals surface area contributed by atoms with Crippen molar-refractivity contribution < 1.29 is 0 Å². The third kappa shape index (κ3) is 2.71. The molecule has 20 heavy (non-hydrogen) atoms. The number of nitrogens with zero attached hydrogens (tertiary/aromatic N) is 4. The van der Waals surface area contributed by atoms with E-state index in [0.29, 0.717) is 0 Å². The maximum Gasteiger partial charge on any atom is 0.207 e. The summed E-state index contributed by atoms with van der Waals surface area (Å²) in [6.45, 7) is 2.98. The molecule has 5 nitrogen and oxygen atoms in total. The van der Waals surface area contributed by atoms with Crippen molar-refractivity contribution in [3.8, 4) is 5.69 Å². The van der Waals surface area contributed by atoms with Crippen LogP contribution in [0.2, 0.25) is 0 Å². The zero-order valence-corrected chi connectivity index (χ0v) is 11.3. The van der Waals surface area contributed by atoms with Crippen molar-refractivity contribution >= 4 is 5.95 Å². The number of benzene rings is 1. The molecule has 0 aliphatic heterocycles. The molecule has 2 aromatic heterocycles. The van der Waals surface area contributed by atoms with E-state index in [2.05, 4.69) is 34.3 Å². The van der Waals surface area contributed by atoms with Crippen LogP contribution in [0.25, 0.3) is 5.69 Å². The highest BCUT2D eigenvalue weighted by molar-refractivity contribution is 5.41. The van der Waals surface area contributed by atoms with Crippen LogP contribution in [0.15, 0.2) is 61.4 Å². The standard InChI is InChI=1S/C15H17N5/c1-13(11-19-9-7-16-12-19)18-15-17-8-10-20(15)14-5-3-2-4-6-14/h2-10,12-13H,11H2,1H3,(H,17,18). The minimum atomic E-state index is 0.258. The lowest BCUT2D eigenvalue weighted by molar-refractivity contribution is 0.614. The van der Waals surface area contributed by atoms with Gasteiger partial charge in [0.1, 0.15) is 0 Å². The highest BCUT2D eigenvalue weighted by Gasteiger charge is 2.08. The van der Waals surface area contributed by atoms with Gasteiger partial charge < -0.3 is 9.88 Å². The fourth-order valence-electron chi connectivity index (χ4n) is 2.18. The molecule has 0 radical (unpaired) electrons. The van der Waals surface area contributed by atoms with E-state index >= 15 is 0 Å². The molecule has 102 valence electrons. The zero-order valence-electron chi connectivity index (χ0n) is 11.3. The Hall–Kier alpha value is -2.56. The second-order valence-electron chi connectivity index (χ2n) is 4.76. The Bertz CT molecular complexity index is 642. The van der Waals surface area contributed by atoms with Crippen LogP contribution in [0, 0.1) is 0 Å². The Morgan fingerprint density at radius 1 is 1.15 bits per heavy atom. The summed E-state index contributed by atoms with van der Waals surface area (Å²) in [5.74, 6) is 0.851. The highest BCUT2D eigenvalue weighted by Crippen LogP contribution is 2.14. The van der Waals surface area contributed by atoms with Gasteiger partial charge in [0.05, 0.1) is 6.33 Å². The number of anilines is 1. The van der Waals surface area contributed by atoms with Gasteiger partial charge in [-0.25, -0.2) is 9.97 Å². The third-order valence-electron chi connectivity index (χ3n) is 3.09. The summed E-state index contributed by atoms with van der Waals surface area (Å²) in [6, 6.07) is 10.4. The molecule has 2 heterocycles. The molecule has 1 atom stereocenters. The van der Waals surface area contributed by atoms with Crippen LogP contribution >= 0.6 is 0 Å². The fraction of sp³-hybridized carbons (Fsp3) is 0.200. The third-order valence-corrected chi connectivity index (χ3v) is 3.09. The molecule has 1 unspecified atom stereocenters. The molecule has 1 aromatic carbocycles. The normalized spacial score (nSPS) is 12.2. The van der Waals surface area contributed by atoms with Crippen LogP contribution in [0.3, 0.4) is 0 Å². The molecule has 0 amide bonds. The van der Waals surface area contributed by atoms with Gasteiger partial charge in [-0.2, -0.15) is 0 Å². The highest BCUT2D eigenvalue weighted by atomic mass is 15.2. The molecule has 0 spiro atoms. The monoisotopic (exact) mass is 267 g/mol. The number of hydrogen-bond donors (Lipinski definition) is 1. The summed E-state index contributed by atoms with van der Waals surface area (Å²) in [5.41, 5.74) is 1.10. The number of hydrogen-bond acceptors (Lipinski definition) is 3. The topological polar surface area (TPSA) is 47.7 Å². The molecule has 3 aromatic rings. The molecule has 0 saturated carbocycles. The van der Waals surface area contributed by atoms with Gasteiger partial charge in [0.2, 0.25) is 5.95 Å². The van der Waals surface area contributed by atoms with E-state index in [1.165, 1.54) is 0 Å². The smallest absolute Gasteiger partial charge is 0.207 e. The summed E-state index contributed by atoms with van der Waals surface area (Å²) in [4.78, 5) is 8.44. The summed E-state index contributed by atoms with van der Waals surface area (Å²) < 4.78 is 4.10. The molecule has 3 rings (SSSR count). The summed E-state index contributed by atoms with van der Waals surface area (Å²) in [6.07, 6.45) is 9.34. The van der Waals surface area contributed by atoms with Gasteiger partial charge >= 0.3 is 0 Å². The summed E-state index contributed by atoms with van der Waals surface area (Å²) >= 11 is 0. The quantitative estimate of drug-likeness (QED) is 0.773. The lowest BCUT2D eigenvalue weighted by atomic mass is 10.3. The molecule has 0 fully saturated rings. The average Bonchev–Trinajstić information content (AvgIpc) is 3.11. The van der Waals surface area contributed by atoms with Crippen molar-refractivity contribution in [1.29, 1.82) is 0 Å². The molecular weight excluding hydrogens is 250 g/mol. The van der Waals surface area contributed by atoms with Crippen molar-refractivity contribution in [2.45, 2.75) is 19.5 Å². The number of imidazole rings is 2. The first-order valence-corrected chi connectivity index (χ1v) is 6.64. The predicted molar refractivity (Wildman–Crippen MR) is 78.9 cm³/mol. The van der Waals surface area contributed by atoms with Gasteiger partial charge in [0.25, 0.3) is 0 Å².